The molecule has 0 aliphatic carbocycles. The fraction of sp³-hybridized carbons (Fsp3) is 0.481. The largest absolute Gasteiger partial charge is 0.368 e. The minimum atomic E-state index is -0.107. The van der Waals surface area contributed by atoms with E-state index >= 15 is 0 Å². The van der Waals surface area contributed by atoms with Gasteiger partial charge in [0.25, 0.3) is 5.91 Å². The van der Waals surface area contributed by atoms with Crippen LogP contribution in [0, 0.1) is 12.8 Å². The summed E-state index contributed by atoms with van der Waals surface area (Å²) in [4.78, 5) is 32.3. The first-order valence-corrected chi connectivity index (χ1v) is 12.2. The van der Waals surface area contributed by atoms with Gasteiger partial charge in [-0.2, -0.15) is 0 Å². The Bertz CT molecular complexity index is 972. The highest BCUT2D eigenvalue weighted by molar-refractivity contribution is 6.02. The van der Waals surface area contributed by atoms with Crippen LogP contribution in [-0.2, 0) is 11.3 Å². The van der Waals surface area contributed by atoms with Gasteiger partial charge in [0, 0.05) is 63.1 Å². The Morgan fingerprint density at radius 3 is 2.21 bits per heavy atom. The molecule has 0 spiro atoms. The second-order valence-corrected chi connectivity index (χ2v) is 9.62. The van der Waals surface area contributed by atoms with E-state index in [1.165, 1.54) is 11.1 Å². The maximum Gasteiger partial charge on any atom is 0.256 e. The molecular weight excluding hydrogens is 412 g/mol. The van der Waals surface area contributed by atoms with Crippen LogP contribution in [0.25, 0.3) is 0 Å². The number of benzene rings is 2. The number of hydrogen-bond donors (Lipinski definition) is 1. The Morgan fingerprint density at radius 1 is 0.909 bits per heavy atom. The summed E-state index contributed by atoms with van der Waals surface area (Å²) in [6.07, 6.45) is 2.12. The van der Waals surface area contributed by atoms with Gasteiger partial charge in [-0.15, -0.1) is 0 Å². The quantitative estimate of drug-likeness (QED) is 0.721. The van der Waals surface area contributed by atoms with Gasteiger partial charge in [-0.3, -0.25) is 14.5 Å². The fourth-order valence-electron chi connectivity index (χ4n) is 4.54. The summed E-state index contributed by atoms with van der Waals surface area (Å²) in [5, 5.41) is 2.96. The Labute approximate surface area is 197 Å². The van der Waals surface area contributed by atoms with Crippen LogP contribution in [0.3, 0.4) is 0 Å². The predicted molar refractivity (Wildman–Crippen MR) is 134 cm³/mol. The van der Waals surface area contributed by atoms with Crippen LogP contribution in [0.1, 0.15) is 48.2 Å². The minimum absolute atomic E-state index is 0.0351. The number of amides is 2. The normalized spacial score (nSPS) is 17.0. The molecule has 176 valence electrons. The third-order valence-electron chi connectivity index (χ3n) is 6.65. The van der Waals surface area contributed by atoms with Gasteiger partial charge >= 0.3 is 0 Å². The highest BCUT2D eigenvalue weighted by Crippen LogP contribution is 2.28. The number of hydrogen-bond acceptors (Lipinski definition) is 4. The number of nitrogens with one attached hydrogen (secondary N) is 1. The lowest BCUT2D eigenvalue weighted by Crippen LogP contribution is -2.46. The zero-order chi connectivity index (χ0) is 23.4. The lowest BCUT2D eigenvalue weighted by Gasteiger charge is -2.37. The highest BCUT2D eigenvalue weighted by Gasteiger charge is 2.26. The van der Waals surface area contributed by atoms with E-state index in [1.54, 1.807) is 0 Å². The molecule has 4 rings (SSSR count). The molecule has 2 amide bonds. The van der Waals surface area contributed by atoms with Crippen molar-refractivity contribution >= 4 is 23.2 Å². The van der Waals surface area contributed by atoms with Gasteiger partial charge in [0.2, 0.25) is 5.91 Å². The molecule has 2 aromatic carbocycles. The second kappa shape index (κ2) is 10.4. The third kappa shape index (κ3) is 5.74. The molecule has 2 fully saturated rings. The smallest absolute Gasteiger partial charge is 0.256 e. The molecule has 2 heterocycles. The van der Waals surface area contributed by atoms with E-state index in [0.717, 1.165) is 64.3 Å². The van der Waals surface area contributed by atoms with Crippen LogP contribution in [0.5, 0.6) is 0 Å². The summed E-state index contributed by atoms with van der Waals surface area (Å²) in [5.74, 6) is -0.0683. The molecule has 2 aliphatic heterocycles. The van der Waals surface area contributed by atoms with Gasteiger partial charge in [0.15, 0.2) is 0 Å². The Balaban J connectivity index is 1.49. The average molecular weight is 449 g/mol. The van der Waals surface area contributed by atoms with Crippen molar-refractivity contribution < 1.29 is 9.59 Å². The van der Waals surface area contributed by atoms with Gasteiger partial charge in [-0.05, 0) is 43.5 Å². The van der Waals surface area contributed by atoms with Crippen LogP contribution < -0.4 is 10.2 Å². The van der Waals surface area contributed by atoms with Crippen LogP contribution in [0.15, 0.2) is 42.5 Å². The summed E-state index contributed by atoms with van der Waals surface area (Å²) < 4.78 is 0. The summed E-state index contributed by atoms with van der Waals surface area (Å²) >= 11 is 0. The monoisotopic (exact) mass is 448 g/mol. The maximum absolute atomic E-state index is 13.4. The molecule has 0 radical (unpaired) electrons. The van der Waals surface area contributed by atoms with Crippen molar-refractivity contribution in [2.24, 2.45) is 5.92 Å². The van der Waals surface area contributed by atoms with Gasteiger partial charge in [-0.1, -0.05) is 43.7 Å². The first kappa shape index (κ1) is 23.3. The van der Waals surface area contributed by atoms with E-state index in [-0.39, 0.29) is 17.7 Å². The molecule has 0 unspecified atom stereocenters. The lowest BCUT2D eigenvalue weighted by atomic mass is 10.1. The van der Waals surface area contributed by atoms with Crippen molar-refractivity contribution in [1.82, 2.24) is 9.80 Å². The standard InChI is InChI=1S/C27H36N4O2/c1-20(2)26(32)28-23-10-11-25(24(18-23)27(33)31-12-4-5-13-31)30-16-14-29(15-17-30)19-22-8-6-21(3)7-9-22/h6-11,18,20H,4-5,12-17,19H2,1-3H3,(H,28,32). The SMILES string of the molecule is Cc1ccc(CN2CCN(c3ccc(NC(=O)C(C)C)cc3C(=O)N3CCCC3)CC2)cc1. The van der Waals surface area contributed by atoms with E-state index in [9.17, 15) is 9.59 Å². The Morgan fingerprint density at radius 2 is 1.58 bits per heavy atom. The summed E-state index contributed by atoms with van der Waals surface area (Å²) in [5.41, 5.74) is 4.99. The first-order chi connectivity index (χ1) is 15.9. The number of carbonyl (C=O) groups excluding carboxylic acids is 2. The minimum Gasteiger partial charge on any atom is -0.368 e. The van der Waals surface area contributed by atoms with Crippen LogP contribution in [0.2, 0.25) is 0 Å². The van der Waals surface area contributed by atoms with Crippen molar-refractivity contribution in [1.29, 1.82) is 0 Å². The number of carbonyl (C=O) groups is 2. The molecule has 0 bridgehead atoms. The van der Waals surface area contributed by atoms with E-state index in [1.807, 2.05) is 36.9 Å². The molecule has 0 aromatic heterocycles. The highest BCUT2D eigenvalue weighted by atomic mass is 16.2. The molecule has 1 N–H and O–H groups in total. The number of likely N-dealkylation sites (tertiary alicyclic amines) is 1. The lowest BCUT2D eigenvalue weighted by molar-refractivity contribution is -0.118. The van der Waals surface area contributed by atoms with E-state index in [4.69, 9.17) is 0 Å². The number of nitrogens with zero attached hydrogens (tertiary/aromatic N) is 3. The number of piperazine rings is 1. The van der Waals surface area contributed by atoms with Crippen molar-refractivity contribution in [3.8, 4) is 0 Å². The van der Waals surface area contributed by atoms with Crippen LogP contribution in [0.4, 0.5) is 11.4 Å². The van der Waals surface area contributed by atoms with E-state index in [0.29, 0.717) is 11.3 Å². The predicted octanol–water partition coefficient (Wildman–Crippen LogP) is 4.15. The second-order valence-electron chi connectivity index (χ2n) is 9.62. The van der Waals surface area contributed by atoms with Gasteiger partial charge in [0.05, 0.1) is 5.56 Å². The molecule has 2 aliphatic rings. The molecular formula is C27H36N4O2. The van der Waals surface area contributed by atoms with Crippen molar-refractivity contribution in [2.45, 2.75) is 40.2 Å². The molecule has 0 saturated carbocycles. The topological polar surface area (TPSA) is 55.9 Å². The van der Waals surface area contributed by atoms with Crippen LogP contribution >= 0.6 is 0 Å². The summed E-state index contributed by atoms with van der Waals surface area (Å²) in [6, 6.07) is 14.6. The number of anilines is 2. The zero-order valence-electron chi connectivity index (χ0n) is 20.1. The Kier molecular flexibility index (Phi) is 7.33. The van der Waals surface area contributed by atoms with Crippen molar-refractivity contribution in [3.05, 3.63) is 59.2 Å². The van der Waals surface area contributed by atoms with Crippen molar-refractivity contribution in [2.75, 3.05) is 49.5 Å². The van der Waals surface area contributed by atoms with E-state index < -0.39 is 0 Å². The maximum atomic E-state index is 13.4. The van der Waals surface area contributed by atoms with Crippen molar-refractivity contribution in [3.63, 3.8) is 0 Å². The molecule has 6 nitrogen and oxygen atoms in total. The summed E-state index contributed by atoms with van der Waals surface area (Å²) in [6.45, 7) is 12.1. The van der Waals surface area contributed by atoms with E-state index in [2.05, 4.69) is 46.3 Å². The molecule has 0 atom stereocenters. The Hall–Kier alpha value is -2.86. The van der Waals surface area contributed by atoms with Gasteiger partial charge in [-0.25, -0.2) is 0 Å². The third-order valence-corrected chi connectivity index (χ3v) is 6.65. The zero-order valence-corrected chi connectivity index (χ0v) is 20.1. The molecule has 6 heteroatoms. The molecule has 33 heavy (non-hydrogen) atoms. The van der Waals surface area contributed by atoms with Gasteiger partial charge < -0.3 is 15.1 Å². The fourth-order valence-corrected chi connectivity index (χ4v) is 4.54. The van der Waals surface area contributed by atoms with Gasteiger partial charge in [0.1, 0.15) is 0 Å². The molecule has 2 saturated heterocycles. The van der Waals surface area contributed by atoms with Crippen LogP contribution in [-0.4, -0.2) is 60.9 Å². The average Bonchev–Trinajstić information content (AvgIpc) is 3.36. The first-order valence-electron chi connectivity index (χ1n) is 12.2. The summed E-state index contributed by atoms with van der Waals surface area (Å²) in [7, 11) is 0. The molecule has 2 aromatic rings. The number of rotatable bonds is 6. The number of aryl methyl sites for hydroxylation is 1.